The lowest BCUT2D eigenvalue weighted by Gasteiger charge is -2.27. The molecule has 0 bridgehead atoms. The number of fused-ring (bicyclic) bond motifs is 1. The predicted molar refractivity (Wildman–Crippen MR) is 209 cm³/mol. The Morgan fingerprint density at radius 3 is 2.48 bits per heavy atom. The smallest absolute Gasteiger partial charge is 0.405 e. The van der Waals surface area contributed by atoms with Crippen molar-refractivity contribution in [3.63, 3.8) is 0 Å². The Balaban J connectivity index is 0.862. The summed E-state index contributed by atoms with van der Waals surface area (Å²) in [4.78, 5) is 96.7. The highest BCUT2D eigenvalue weighted by Crippen LogP contribution is 2.29. The monoisotopic (exact) mass is 856 g/mol. The number of benzene rings is 2. The Hall–Kier alpha value is -7.75. The summed E-state index contributed by atoms with van der Waals surface area (Å²) in [7, 11) is 0. The Kier molecular flexibility index (Phi) is 12.2. The zero-order chi connectivity index (χ0) is 44.1. The summed E-state index contributed by atoms with van der Waals surface area (Å²) in [6, 6.07) is 12.7. The first-order valence-corrected chi connectivity index (χ1v) is 18.9. The van der Waals surface area contributed by atoms with Crippen LogP contribution >= 0.6 is 0 Å². The minimum Gasteiger partial charge on any atom is -0.444 e. The van der Waals surface area contributed by atoms with Gasteiger partial charge in [-0.25, -0.2) is 14.6 Å². The van der Waals surface area contributed by atoms with Crippen molar-refractivity contribution in [3.05, 3.63) is 107 Å². The number of anilines is 2. The third kappa shape index (κ3) is 9.65. The Morgan fingerprint density at radius 2 is 1.74 bits per heavy atom. The number of aryl methyl sites for hydroxylation is 1. The van der Waals surface area contributed by atoms with E-state index in [-0.39, 0.29) is 77.4 Å². The summed E-state index contributed by atoms with van der Waals surface area (Å²) < 4.78 is 50.1. The van der Waals surface area contributed by atoms with Crippen molar-refractivity contribution in [2.75, 3.05) is 36.9 Å². The SMILES string of the molecule is NC(=O)c1nn(-c2ccc(C(=O)NCCOCCCc3ccc4c(c3)C(=O)N(C3CCC(=O)NC3=O)C4=O)cc2)cc1NC(=O)c1coc(-c2ccnc(NCC(F)(F)F)c2)n1. The molecule has 7 amide bonds. The maximum atomic E-state index is 13.1. The number of carbonyl (C=O) groups excluding carboxylic acids is 7. The number of aromatic nitrogens is 4. The summed E-state index contributed by atoms with van der Waals surface area (Å²) in [5, 5.41) is 13.7. The summed E-state index contributed by atoms with van der Waals surface area (Å²) >= 11 is 0. The molecule has 5 aromatic rings. The molecule has 2 aliphatic rings. The number of ether oxygens (including phenoxy) is 1. The number of pyridine rings is 1. The van der Waals surface area contributed by atoms with Gasteiger partial charge in [-0.05, 0) is 73.4 Å². The molecule has 6 N–H and O–H groups in total. The second-order valence-electron chi connectivity index (χ2n) is 13.9. The van der Waals surface area contributed by atoms with Crippen LogP contribution in [0.25, 0.3) is 17.1 Å². The van der Waals surface area contributed by atoms with Gasteiger partial charge in [0, 0.05) is 36.9 Å². The van der Waals surface area contributed by atoms with Gasteiger partial charge in [-0.15, -0.1) is 0 Å². The summed E-state index contributed by atoms with van der Waals surface area (Å²) in [5.74, 6) is -4.59. The standard InChI is InChI=1S/C40H35F3N10O9/c41-40(42,43)20-47-30-17-23(11-12-45-30)37-49-28(19-62-37)35(57)48-27-18-52(51-32(27)33(44)55)24-6-4-22(5-7-24)34(56)46-13-15-61-14-1-2-21-3-8-25-26(16-21)39(60)53(38(25)59)29-9-10-31(54)50-36(29)58/h3-8,11-12,16-19,29H,1-2,9-10,13-15,20H2,(H2,44,55)(H,45,47)(H,46,56)(H,48,57)(H,50,54,58). The molecule has 320 valence electrons. The fourth-order valence-corrected chi connectivity index (χ4v) is 6.59. The van der Waals surface area contributed by atoms with Crippen LogP contribution in [0.5, 0.6) is 0 Å². The number of nitrogens with zero attached hydrogens (tertiary/aromatic N) is 5. The molecule has 1 unspecified atom stereocenters. The molecule has 22 heteroatoms. The van der Waals surface area contributed by atoms with Crippen molar-refractivity contribution in [3.8, 4) is 17.1 Å². The summed E-state index contributed by atoms with van der Waals surface area (Å²) in [6.45, 7) is -0.554. The molecule has 0 spiro atoms. The third-order valence-electron chi connectivity index (χ3n) is 9.59. The molecule has 1 atom stereocenters. The Morgan fingerprint density at radius 1 is 0.968 bits per heavy atom. The van der Waals surface area contributed by atoms with Gasteiger partial charge in [-0.2, -0.15) is 18.3 Å². The average molecular weight is 857 g/mol. The molecule has 0 aliphatic carbocycles. The quantitative estimate of drug-likeness (QED) is 0.0707. The maximum absolute atomic E-state index is 13.1. The molecule has 2 aliphatic heterocycles. The van der Waals surface area contributed by atoms with Crippen molar-refractivity contribution in [2.24, 2.45) is 5.73 Å². The second kappa shape index (κ2) is 17.8. The lowest BCUT2D eigenvalue weighted by atomic mass is 10.0. The van der Waals surface area contributed by atoms with Gasteiger partial charge in [0.15, 0.2) is 11.4 Å². The van der Waals surface area contributed by atoms with Gasteiger partial charge in [-0.1, -0.05) is 6.07 Å². The van der Waals surface area contributed by atoms with Crippen LogP contribution in [0, 0.1) is 0 Å². The van der Waals surface area contributed by atoms with Crippen LogP contribution < -0.4 is 27.0 Å². The Bertz CT molecular complexity index is 2590. The number of rotatable bonds is 16. The molecule has 62 heavy (non-hydrogen) atoms. The first-order valence-electron chi connectivity index (χ1n) is 18.9. The predicted octanol–water partition coefficient (Wildman–Crippen LogP) is 3.03. The zero-order valence-electron chi connectivity index (χ0n) is 32.3. The fourth-order valence-electron chi connectivity index (χ4n) is 6.59. The van der Waals surface area contributed by atoms with Crippen LogP contribution in [0.15, 0.2) is 77.7 Å². The maximum Gasteiger partial charge on any atom is 0.405 e. The number of piperidine rings is 1. The van der Waals surface area contributed by atoms with Crippen molar-refractivity contribution in [2.45, 2.75) is 37.9 Å². The first-order chi connectivity index (χ1) is 29.6. The lowest BCUT2D eigenvalue weighted by Crippen LogP contribution is -2.54. The van der Waals surface area contributed by atoms with E-state index in [1.807, 2.05) is 0 Å². The van der Waals surface area contributed by atoms with E-state index in [1.165, 1.54) is 41.3 Å². The van der Waals surface area contributed by atoms with Crippen LogP contribution in [0.3, 0.4) is 0 Å². The molecule has 1 fully saturated rings. The molecule has 0 saturated carbocycles. The van der Waals surface area contributed by atoms with Crippen molar-refractivity contribution in [1.29, 1.82) is 0 Å². The highest BCUT2D eigenvalue weighted by atomic mass is 19.4. The fraction of sp³-hybridized carbons (Fsp3) is 0.250. The van der Waals surface area contributed by atoms with Crippen LogP contribution in [0.4, 0.5) is 24.7 Å². The van der Waals surface area contributed by atoms with Crippen molar-refractivity contribution >= 4 is 52.9 Å². The zero-order valence-corrected chi connectivity index (χ0v) is 32.3. The minimum absolute atomic E-state index is 0.0341. The number of hydrogen-bond donors (Lipinski definition) is 5. The van der Waals surface area contributed by atoms with Gasteiger partial charge in [0.25, 0.3) is 29.5 Å². The van der Waals surface area contributed by atoms with E-state index in [0.717, 1.165) is 16.7 Å². The van der Waals surface area contributed by atoms with Crippen LogP contribution in [0.2, 0.25) is 0 Å². The number of hydrogen-bond acceptors (Lipinski definition) is 13. The molecule has 2 aromatic carbocycles. The van der Waals surface area contributed by atoms with Crippen LogP contribution in [0.1, 0.15) is 76.9 Å². The number of imide groups is 2. The van der Waals surface area contributed by atoms with Crippen LogP contribution in [-0.4, -0.2) is 105 Å². The molecule has 19 nitrogen and oxygen atoms in total. The van der Waals surface area contributed by atoms with Gasteiger partial charge in [0.2, 0.25) is 17.7 Å². The number of carbonyl (C=O) groups is 7. The van der Waals surface area contributed by atoms with Gasteiger partial charge in [-0.3, -0.25) is 43.8 Å². The normalized spacial score (nSPS) is 15.0. The molecule has 0 radical (unpaired) electrons. The van der Waals surface area contributed by atoms with E-state index in [9.17, 15) is 46.7 Å². The van der Waals surface area contributed by atoms with E-state index < -0.39 is 54.2 Å². The number of nitrogens with one attached hydrogen (secondary N) is 4. The van der Waals surface area contributed by atoms with E-state index in [4.69, 9.17) is 14.9 Å². The van der Waals surface area contributed by atoms with Gasteiger partial charge < -0.3 is 30.8 Å². The highest BCUT2D eigenvalue weighted by Gasteiger charge is 2.44. The number of nitrogens with two attached hydrogens (primary N) is 1. The van der Waals surface area contributed by atoms with Gasteiger partial charge >= 0.3 is 6.18 Å². The molecule has 1 saturated heterocycles. The average Bonchev–Trinajstić information content (AvgIpc) is 3.97. The number of oxazole rings is 1. The number of alkyl halides is 3. The first kappa shape index (κ1) is 42.4. The molecular weight excluding hydrogens is 821 g/mol. The van der Waals surface area contributed by atoms with Crippen molar-refractivity contribution in [1.82, 2.24) is 35.3 Å². The topological polar surface area (TPSA) is 263 Å². The van der Waals surface area contributed by atoms with E-state index in [1.54, 1.807) is 30.3 Å². The second-order valence-corrected chi connectivity index (χ2v) is 13.9. The number of primary amides is 1. The largest absolute Gasteiger partial charge is 0.444 e. The van der Waals surface area contributed by atoms with E-state index in [2.05, 4.69) is 36.3 Å². The van der Waals surface area contributed by atoms with E-state index >= 15 is 0 Å². The van der Waals surface area contributed by atoms with Crippen LogP contribution in [-0.2, 0) is 20.7 Å². The minimum atomic E-state index is -4.47. The molecule has 3 aromatic heterocycles. The summed E-state index contributed by atoms with van der Waals surface area (Å²) in [5.41, 5.74) is 7.11. The number of amides is 7. The van der Waals surface area contributed by atoms with Crippen molar-refractivity contribution < 1.29 is 55.9 Å². The highest BCUT2D eigenvalue weighted by molar-refractivity contribution is 6.23. The van der Waals surface area contributed by atoms with Gasteiger partial charge in [0.1, 0.15) is 24.7 Å². The summed E-state index contributed by atoms with van der Waals surface area (Å²) in [6.07, 6.45) is 0.345. The Labute approximate surface area is 348 Å². The number of halogens is 3. The third-order valence-corrected chi connectivity index (χ3v) is 9.59. The molecular formula is C40H35F3N10O9. The molecule has 5 heterocycles. The molecule has 7 rings (SSSR count). The lowest BCUT2D eigenvalue weighted by molar-refractivity contribution is -0.136. The van der Waals surface area contributed by atoms with E-state index in [0.29, 0.717) is 30.7 Å². The van der Waals surface area contributed by atoms with Gasteiger partial charge in [0.05, 0.1) is 35.3 Å².